The zero-order valence-electron chi connectivity index (χ0n) is 32.5. The first-order chi connectivity index (χ1) is 25.7. The molecule has 0 bridgehead atoms. The Labute approximate surface area is 279 Å². The minimum atomic E-state index is -3.20. The summed E-state index contributed by atoms with van der Waals surface area (Å²) in [6, 6.07) is 8.05. The Bertz CT molecular complexity index is 1940. The molecule has 244 valence electrons. The highest BCUT2D eigenvalue weighted by Crippen LogP contribution is 2.57. The third kappa shape index (κ3) is 4.70. The first-order valence-corrected chi connectivity index (χ1v) is 15.0. The average Bonchev–Trinajstić information content (AvgIpc) is 3.84. The van der Waals surface area contributed by atoms with Crippen molar-refractivity contribution < 1.29 is 75.1 Å². The number of methoxy groups -OCH3 is 2. The van der Waals surface area contributed by atoms with Gasteiger partial charge in [-0.15, -0.1) is 11.3 Å². The van der Waals surface area contributed by atoms with Crippen molar-refractivity contribution in [2.24, 2.45) is 11.8 Å². The topological polar surface area (TPSA) is 161 Å². The number of rotatable bonds is 6. The van der Waals surface area contributed by atoms with Crippen LogP contribution in [0.3, 0.4) is 0 Å². The third-order valence-electron chi connectivity index (χ3n) is 8.65. The summed E-state index contributed by atoms with van der Waals surface area (Å²) in [4.78, 5) is 14.6. The van der Waals surface area contributed by atoms with Crippen LogP contribution in [0.15, 0.2) is 41.8 Å². The van der Waals surface area contributed by atoms with Crippen LogP contribution in [0.2, 0.25) is 0 Å². The van der Waals surface area contributed by atoms with E-state index in [4.69, 9.17) is 53.6 Å². The second kappa shape index (κ2) is 11.6. The van der Waals surface area contributed by atoms with Crippen molar-refractivity contribution in [3.05, 3.63) is 63.3 Å². The van der Waals surface area contributed by atoms with E-state index in [1.54, 1.807) is 12.1 Å². The number of thiophene rings is 1. The molecule has 0 radical (unpaired) electrons. The number of cyclic esters (lactones) is 1. The van der Waals surface area contributed by atoms with Gasteiger partial charge in [0.1, 0.15) is 24.4 Å². The van der Waals surface area contributed by atoms with Crippen molar-refractivity contribution in [1.29, 1.82) is 0 Å². The van der Waals surface area contributed by atoms with Crippen LogP contribution in [0.4, 0.5) is 0 Å². The number of ether oxygens (including phenoxy) is 9. The number of hydrogen-bond acceptors (Lipinski definition) is 14. The van der Waals surface area contributed by atoms with Crippen LogP contribution in [0.25, 0.3) is 0 Å². The maximum atomic E-state index is 13.9. The van der Waals surface area contributed by atoms with Crippen molar-refractivity contribution >= 4 is 17.3 Å². The fraction of sp³-hybridized carbons (Fsp3) is 0.469. The Balaban J connectivity index is 1.24. The van der Waals surface area contributed by atoms with Gasteiger partial charge < -0.3 is 58.0 Å². The molecule has 14 heteroatoms. The SMILES string of the molecule is [2H]C([2H])([2H])Oc1cc([C@]2([2H])c3cc4c(cc3[C@@H](O[C@@H]3O[C@@H]5CO[C@@H](c6cccs6)O[C@H]5[C@H](O)[C@H]3O)[C@@H]3[C@@H]2C(=O)OC3([2H])[2H])OCO4)cc(OC([2H])([2H])[2H])c1O. The van der Waals surface area contributed by atoms with E-state index >= 15 is 0 Å². The van der Waals surface area contributed by atoms with Gasteiger partial charge in [0.05, 0.1) is 55.1 Å². The van der Waals surface area contributed by atoms with Gasteiger partial charge in [-0.1, -0.05) is 6.07 Å². The molecule has 46 heavy (non-hydrogen) atoms. The molecule has 3 N–H and O–H groups in total. The zero-order chi connectivity index (χ0) is 39.4. The third-order valence-corrected chi connectivity index (χ3v) is 9.54. The summed E-state index contributed by atoms with van der Waals surface area (Å²) in [6.45, 7) is -3.24. The lowest BCUT2D eigenvalue weighted by molar-refractivity contribution is -0.368. The number of carbonyl (C=O) groups excluding carboxylic acids is 1. The number of aliphatic hydroxyl groups is 2. The van der Waals surface area contributed by atoms with Gasteiger partial charge in [0.25, 0.3) is 0 Å². The molecule has 0 unspecified atom stereocenters. The number of carbonyl (C=O) groups is 1. The molecule has 0 saturated carbocycles. The first kappa shape index (κ1) is 21.3. The van der Waals surface area contributed by atoms with E-state index in [2.05, 4.69) is 0 Å². The second-order valence-electron chi connectivity index (χ2n) is 11.1. The highest BCUT2D eigenvalue weighted by atomic mass is 32.1. The summed E-state index contributed by atoms with van der Waals surface area (Å²) < 4.78 is 124. The molecule has 3 aromatic rings. The van der Waals surface area contributed by atoms with Crippen LogP contribution in [0.5, 0.6) is 28.7 Å². The van der Waals surface area contributed by atoms with Crippen LogP contribution < -0.4 is 18.9 Å². The van der Waals surface area contributed by atoms with E-state index < -0.39 is 105 Å². The maximum Gasteiger partial charge on any atom is 0.310 e. The van der Waals surface area contributed by atoms with E-state index in [-0.39, 0.29) is 41.6 Å². The summed E-state index contributed by atoms with van der Waals surface area (Å²) in [5.41, 5.74) is -0.500. The van der Waals surface area contributed by atoms with Gasteiger partial charge in [0.15, 0.2) is 35.6 Å². The molecule has 3 saturated heterocycles. The van der Waals surface area contributed by atoms with Gasteiger partial charge in [-0.25, -0.2) is 0 Å². The number of phenolic OH excluding ortho intramolecular Hbond substituents is 1. The lowest BCUT2D eigenvalue weighted by atomic mass is 9.66. The molecule has 5 heterocycles. The maximum absolute atomic E-state index is 13.9. The Morgan fingerprint density at radius 3 is 2.50 bits per heavy atom. The summed E-state index contributed by atoms with van der Waals surface area (Å²) in [6.07, 6.45) is -9.54. The molecule has 0 amide bonds. The van der Waals surface area contributed by atoms with Gasteiger partial charge in [-0.3, -0.25) is 4.79 Å². The van der Waals surface area contributed by atoms with Crippen LogP contribution in [0.1, 0.15) is 52.2 Å². The highest BCUT2D eigenvalue weighted by Gasteiger charge is 2.56. The number of aromatic hydroxyl groups is 1. The number of aliphatic hydroxyl groups excluding tert-OH is 2. The van der Waals surface area contributed by atoms with Gasteiger partial charge in [0, 0.05) is 13.2 Å². The van der Waals surface area contributed by atoms with Crippen LogP contribution in [-0.4, -0.2) is 86.0 Å². The van der Waals surface area contributed by atoms with Crippen LogP contribution in [-0.2, 0) is 28.5 Å². The Morgan fingerprint density at radius 1 is 1.02 bits per heavy atom. The molecule has 10 atom stereocenters. The average molecular weight is 666 g/mol. The van der Waals surface area contributed by atoms with E-state index in [1.807, 2.05) is 5.38 Å². The molecular weight excluding hydrogens is 624 g/mol. The van der Waals surface area contributed by atoms with Crippen molar-refractivity contribution in [3.63, 3.8) is 0 Å². The van der Waals surface area contributed by atoms with E-state index in [9.17, 15) is 21.5 Å². The fourth-order valence-corrected chi connectivity index (χ4v) is 7.22. The molecule has 1 aromatic heterocycles. The van der Waals surface area contributed by atoms with Crippen LogP contribution in [0, 0.1) is 11.8 Å². The van der Waals surface area contributed by atoms with Crippen molar-refractivity contribution in [2.75, 3.05) is 34.0 Å². The normalized spacial score (nSPS) is 40.4. The number of esters is 1. The summed E-state index contributed by atoms with van der Waals surface area (Å²) >= 11 is 1.36. The fourth-order valence-electron chi connectivity index (χ4n) is 6.52. The predicted octanol–water partition coefficient (Wildman–Crippen LogP) is 2.75. The Kier molecular flexibility index (Phi) is 5.35. The Hall–Kier alpha value is -3.63. The van der Waals surface area contributed by atoms with Gasteiger partial charge in [0.2, 0.25) is 12.5 Å². The lowest BCUT2D eigenvalue weighted by Crippen LogP contribution is -2.62. The summed E-state index contributed by atoms with van der Waals surface area (Å²) in [5.74, 6) is -9.86. The number of benzene rings is 2. The van der Waals surface area contributed by atoms with Gasteiger partial charge >= 0.3 is 5.97 Å². The molecular formula is C32H32O13S. The minimum Gasteiger partial charge on any atom is -0.502 e. The van der Waals surface area contributed by atoms with Crippen molar-refractivity contribution in [3.8, 4) is 28.7 Å². The number of hydrogen-bond donors (Lipinski definition) is 3. The molecule has 2 aromatic carbocycles. The molecule has 4 aliphatic heterocycles. The van der Waals surface area contributed by atoms with Crippen molar-refractivity contribution in [1.82, 2.24) is 0 Å². The smallest absolute Gasteiger partial charge is 0.310 e. The largest absolute Gasteiger partial charge is 0.502 e. The number of fused-ring (bicyclic) bond motifs is 4. The first-order valence-electron chi connectivity index (χ1n) is 18.6. The Morgan fingerprint density at radius 2 is 1.78 bits per heavy atom. The summed E-state index contributed by atoms with van der Waals surface area (Å²) in [5, 5.41) is 35.4. The molecule has 13 nitrogen and oxygen atoms in total. The van der Waals surface area contributed by atoms with Crippen molar-refractivity contribution in [2.45, 2.75) is 49.0 Å². The monoisotopic (exact) mass is 665 g/mol. The molecule has 3 fully saturated rings. The second-order valence-corrected chi connectivity index (χ2v) is 12.1. The van der Waals surface area contributed by atoms with E-state index in [0.717, 1.165) is 17.0 Å². The van der Waals surface area contributed by atoms with Crippen LogP contribution >= 0.6 is 11.3 Å². The van der Waals surface area contributed by atoms with Gasteiger partial charge in [-0.2, -0.15) is 0 Å². The zero-order valence-corrected chi connectivity index (χ0v) is 24.3. The molecule has 5 aliphatic rings. The van der Waals surface area contributed by atoms with E-state index in [0.29, 0.717) is 0 Å². The molecule has 0 spiro atoms. The molecule has 1 aliphatic carbocycles. The number of phenols is 1. The minimum absolute atomic E-state index is 0.00588. The summed E-state index contributed by atoms with van der Waals surface area (Å²) in [7, 11) is -6.40. The quantitative estimate of drug-likeness (QED) is 0.330. The van der Waals surface area contributed by atoms with E-state index in [1.165, 1.54) is 23.5 Å². The van der Waals surface area contributed by atoms with Gasteiger partial charge in [-0.05, 0) is 52.4 Å². The highest BCUT2D eigenvalue weighted by molar-refractivity contribution is 7.10. The molecule has 8 rings (SSSR count). The predicted molar refractivity (Wildman–Crippen MR) is 156 cm³/mol. The lowest BCUT2D eigenvalue weighted by Gasteiger charge is -2.48. The standard InChI is InChI=1S/C32H32O13S/c1-37-19-6-13(7-20(38-2)25(19)33)23-14-8-17-18(42-12-41-17)9-15(14)28(16-10-39-30(36)24(16)23)44-32-27(35)26(34)29-21(43-32)11-40-31(45-29)22-4-3-5-46-22/h3-9,16,21,23-24,26-29,31-35H,10-12H2,1-2H3/t16-,21+,23+,24-,26+,27+,28+,29+,31+,32-/m0/s1/i1D3,2D3,10D2,23D.